The van der Waals surface area contributed by atoms with E-state index < -0.39 is 10.1 Å². The minimum Gasteiger partial charge on any atom is -0.267 e. The van der Waals surface area contributed by atoms with Crippen LogP contribution in [0.5, 0.6) is 0 Å². The summed E-state index contributed by atoms with van der Waals surface area (Å²) in [6.07, 6.45) is 6.85. The van der Waals surface area contributed by atoms with Gasteiger partial charge in [-0.25, -0.2) is 0 Å². The third kappa shape index (κ3) is 2.44. The lowest BCUT2D eigenvalue weighted by atomic mass is 9.87. The van der Waals surface area contributed by atoms with Crippen LogP contribution in [0.3, 0.4) is 0 Å². The molecule has 2 aliphatic carbocycles. The highest BCUT2D eigenvalue weighted by atomic mass is 32.2. The summed E-state index contributed by atoms with van der Waals surface area (Å²) >= 11 is 0. The van der Waals surface area contributed by atoms with Crippen LogP contribution in [0.2, 0.25) is 0 Å². The second-order valence-corrected chi connectivity index (χ2v) is 6.04. The van der Waals surface area contributed by atoms with Crippen molar-refractivity contribution in [1.82, 2.24) is 0 Å². The van der Waals surface area contributed by atoms with Gasteiger partial charge < -0.3 is 0 Å². The van der Waals surface area contributed by atoms with E-state index in [4.69, 9.17) is 4.18 Å². The summed E-state index contributed by atoms with van der Waals surface area (Å²) in [6.45, 7) is 0. The molecule has 0 N–H and O–H groups in total. The zero-order chi connectivity index (χ0) is 9.47. The van der Waals surface area contributed by atoms with Crippen molar-refractivity contribution in [3.8, 4) is 0 Å². The molecule has 2 fully saturated rings. The molecular weight excluding hydrogens is 188 g/mol. The fourth-order valence-corrected chi connectivity index (χ4v) is 3.42. The number of fused-ring (bicyclic) bond motifs is 2. The van der Waals surface area contributed by atoms with E-state index in [1.807, 2.05) is 0 Å². The molecule has 0 aromatic heterocycles. The minimum atomic E-state index is -3.24. The van der Waals surface area contributed by atoms with Crippen molar-refractivity contribution in [1.29, 1.82) is 0 Å². The molecule has 4 heteroatoms. The first-order valence-electron chi connectivity index (χ1n) is 4.91. The normalized spacial score (nSPS) is 39.3. The maximum atomic E-state index is 10.9. The van der Waals surface area contributed by atoms with Crippen LogP contribution in [0, 0.1) is 11.8 Å². The van der Waals surface area contributed by atoms with Crippen LogP contribution in [0.4, 0.5) is 0 Å². The first kappa shape index (κ1) is 9.46. The Kier molecular flexibility index (Phi) is 2.36. The fraction of sp³-hybridized carbons (Fsp3) is 1.00. The van der Waals surface area contributed by atoms with E-state index >= 15 is 0 Å². The molecule has 2 saturated carbocycles. The summed E-state index contributed by atoms with van der Waals surface area (Å²) < 4.78 is 26.9. The lowest BCUT2D eigenvalue weighted by Gasteiger charge is -2.26. The Labute approximate surface area is 79.6 Å². The highest BCUT2D eigenvalue weighted by Crippen LogP contribution is 2.43. The molecule has 0 unspecified atom stereocenters. The van der Waals surface area contributed by atoms with Gasteiger partial charge in [0.1, 0.15) is 0 Å². The Bertz CT molecular complexity index is 271. The monoisotopic (exact) mass is 204 g/mol. The molecule has 3 nitrogen and oxygen atoms in total. The van der Waals surface area contributed by atoms with Crippen LogP contribution in [-0.2, 0) is 14.3 Å². The van der Waals surface area contributed by atoms with Gasteiger partial charge in [0.15, 0.2) is 0 Å². The van der Waals surface area contributed by atoms with Gasteiger partial charge in [-0.3, -0.25) is 4.18 Å². The van der Waals surface area contributed by atoms with Gasteiger partial charge in [-0.15, -0.1) is 0 Å². The standard InChI is InChI=1S/C9H16O3S/c1-13(10,11)12-9-5-7-2-3-8(4-7)6-9/h7-9H,2-6H2,1H3/t7-,8+,9+. The van der Waals surface area contributed by atoms with Crippen molar-refractivity contribution in [2.45, 2.75) is 38.2 Å². The summed E-state index contributed by atoms with van der Waals surface area (Å²) in [7, 11) is -3.24. The van der Waals surface area contributed by atoms with E-state index in [1.165, 1.54) is 19.3 Å². The Morgan fingerprint density at radius 3 is 2.08 bits per heavy atom. The molecule has 2 bridgehead atoms. The summed E-state index contributed by atoms with van der Waals surface area (Å²) in [4.78, 5) is 0. The SMILES string of the molecule is CS(=O)(=O)O[C@H]1C[C@@H]2CC[C@@H](C2)C1. The highest BCUT2D eigenvalue weighted by Gasteiger charge is 2.35. The van der Waals surface area contributed by atoms with Gasteiger partial charge in [0.2, 0.25) is 0 Å². The van der Waals surface area contributed by atoms with E-state index in [1.54, 1.807) is 0 Å². The average molecular weight is 204 g/mol. The van der Waals surface area contributed by atoms with Crippen molar-refractivity contribution in [3.63, 3.8) is 0 Å². The minimum absolute atomic E-state index is 0.0266. The third-order valence-electron chi connectivity index (χ3n) is 3.15. The molecular formula is C9H16O3S. The molecule has 0 aliphatic heterocycles. The lowest BCUT2D eigenvalue weighted by molar-refractivity contribution is 0.126. The topological polar surface area (TPSA) is 43.4 Å². The Balaban J connectivity index is 1.96. The first-order valence-corrected chi connectivity index (χ1v) is 6.73. The van der Waals surface area contributed by atoms with Crippen molar-refractivity contribution in [2.24, 2.45) is 11.8 Å². The number of rotatable bonds is 2. The number of hydrogen-bond donors (Lipinski definition) is 0. The van der Waals surface area contributed by atoms with Gasteiger partial charge in [0, 0.05) is 0 Å². The first-order chi connectivity index (χ1) is 6.03. The van der Waals surface area contributed by atoms with E-state index in [0.29, 0.717) is 0 Å². The van der Waals surface area contributed by atoms with Crippen molar-refractivity contribution in [3.05, 3.63) is 0 Å². The van der Waals surface area contributed by atoms with Crippen molar-refractivity contribution in [2.75, 3.05) is 6.26 Å². The maximum absolute atomic E-state index is 10.9. The van der Waals surface area contributed by atoms with Crippen LogP contribution in [0.25, 0.3) is 0 Å². The molecule has 13 heavy (non-hydrogen) atoms. The van der Waals surface area contributed by atoms with E-state index in [2.05, 4.69) is 0 Å². The van der Waals surface area contributed by atoms with Crippen LogP contribution in [0.15, 0.2) is 0 Å². The molecule has 2 aliphatic rings. The maximum Gasteiger partial charge on any atom is 0.264 e. The smallest absolute Gasteiger partial charge is 0.264 e. The molecule has 0 spiro atoms. The second kappa shape index (κ2) is 3.24. The number of hydrogen-bond acceptors (Lipinski definition) is 3. The Morgan fingerprint density at radius 1 is 1.08 bits per heavy atom. The van der Waals surface area contributed by atoms with E-state index in [9.17, 15) is 8.42 Å². The summed E-state index contributed by atoms with van der Waals surface area (Å²) in [5.41, 5.74) is 0. The summed E-state index contributed by atoms with van der Waals surface area (Å²) in [5, 5.41) is 0. The predicted octanol–water partition coefficient (Wildman–Crippen LogP) is 1.54. The molecule has 0 aromatic rings. The molecule has 2 rings (SSSR count). The molecule has 0 amide bonds. The summed E-state index contributed by atoms with van der Waals surface area (Å²) in [5.74, 6) is 1.45. The van der Waals surface area contributed by atoms with E-state index in [-0.39, 0.29) is 6.10 Å². The highest BCUT2D eigenvalue weighted by molar-refractivity contribution is 7.86. The van der Waals surface area contributed by atoms with Gasteiger partial charge in [-0.05, 0) is 31.1 Å². The van der Waals surface area contributed by atoms with Crippen LogP contribution < -0.4 is 0 Å². The Hall–Kier alpha value is -0.0900. The van der Waals surface area contributed by atoms with Gasteiger partial charge in [-0.1, -0.05) is 12.8 Å². The zero-order valence-corrected chi connectivity index (χ0v) is 8.72. The molecule has 0 radical (unpaired) electrons. The summed E-state index contributed by atoms with van der Waals surface area (Å²) in [6, 6.07) is 0. The molecule has 76 valence electrons. The van der Waals surface area contributed by atoms with Crippen LogP contribution in [0.1, 0.15) is 32.1 Å². The van der Waals surface area contributed by atoms with Crippen molar-refractivity contribution < 1.29 is 12.6 Å². The second-order valence-electron chi connectivity index (χ2n) is 4.44. The molecule has 3 atom stereocenters. The van der Waals surface area contributed by atoms with E-state index in [0.717, 1.165) is 30.9 Å². The van der Waals surface area contributed by atoms with Crippen LogP contribution >= 0.6 is 0 Å². The third-order valence-corrected chi connectivity index (χ3v) is 3.77. The molecule has 0 saturated heterocycles. The molecule has 0 heterocycles. The Morgan fingerprint density at radius 2 is 1.62 bits per heavy atom. The van der Waals surface area contributed by atoms with Gasteiger partial charge in [0.05, 0.1) is 12.4 Å². The van der Waals surface area contributed by atoms with Crippen LogP contribution in [-0.4, -0.2) is 20.8 Å². The van der Waals surface area contributed by atoms with Gasteiger partial charge >= 0.3 is 0 Å². The van der Waals surface area contributed by atoms with Gasteiger partial charge in [-0.2, -0.15) is 8.42 Å². The average Bonchev–Trinajstić information content (AvgIpc) is 2.27. The van der Waals surface area contributed by atoms with Crippen molar-refractivity contribution >= 4 is 10.1 Å². The predicted molar refractivity (Wildman–Crippen MR) is 49.8 cm³/mol. The molecule has 0 aromatic carbocycles. The largest absolute Gasteiger partial charge is 0.267 e. The van der Waals surface area contributed by atoms with Gasteiger partial charge in [0.25, 0.3) is 10.1 Å². The fourth-order valence-electron chi connectivity index (χ4n) is 2.77. The lowest BCUT2D eigenvalue weighted by Crippen LogP contribution is -2.25. The quantitative estimate of drug-likeness (QED) is 0.641. The zero-order valence-electron chi connectivity index (χ0n) is 7.90.